The summed E-state index contributed by atoms with van der Waals surface area (Å²) in [5.41, 5.74) is 3.75. The Morgan fingerprint density at radius 3 is 1.92 bits per heavy atom. The standard InChI is InChI=1S/C11H14O/c1-8(2)9(3)10-4-6-11(12)7-5-10/h4-7,12H,1-3H3. The van der Waals surface area contributed by atoms with Gasteiger partial charge in [-0.2, -0.15) is 0 Å². The Morgan fingerprint density at radius 2 is 1.50 bits per heavy atom. The van der Waals surface area contributed by atoms with Crippen LogP contribution in [-0.4, -0.2) is 5.11 Å². The minimum absolute atomic E-state index is 0.320. The monoisotopic (exact) mass is 162 g/mol. The van der Waals surface area contributed by atoms with E-state index in [4.69, 9.17) is 5.11 Å². The first-order valence-electron chi connectivity index (χ1n) is 4.04. The molecule has 0 radical (unpaired) electrons. The smallest absolute Gasteiger partial charge is 0.115 e. The molecule has 0 amide bonds. The highest BCUT2D eigenvalue weighted by Crippen LogP contribution is 2.19. The Morgan fingerprint density at radius 1 is 1.00 bits per heavy atom. The van der Waals surface area contributed by atoms with Crippen molar-refractivity contribution in [2.24, 2.45) is 0 Å². The second-order valence-electron chi connectivity index (χ2n) is 3.17. The molecule has 0 aromatic heterocycles. The quantitative estimate of drug-likeness (QED) is 0.672. The highest BCUT2D eigenvalue weighted by molar-refractivity contribution is 5.66. The van der Waals surface area contributed by atoms with Crippen molar-refractivity contribution in [1.82, 2.24) is 0 Å². The van der Waals surface area contributed by atoms with Gasteiger partial charge in [-0.15, -0.1) is 0 Å². The van der Waals surface area contributed by atoms with E-state index >= 15 is 0 Å². The van der Waals surface area contributed by atoms with Crippen molar-refractivity contribution < 1.29 is 5.11 Å². The van der Waals surface area contributed by atoms with Crippen LogP contribution in [0, 0.1) is 0 Å². The molecule has 0 spiro atoms. The van der Waals surface area contributed by atoms with Crippen LogP contribution in [0.25, 0.3) is 5.57 Å². The first-order chi connectivity index (χ1) is 5.61. The van der Waals surface area contributed by atoms with Crippen molar-refractivity contribution in [2.75, 3.05) is 0 Å². The molecule has 0 unspecified atom stereocenters. The number of benzene rings is 1. The van der Waals surface area contributed by atoms with Crippen LogP contribution in [0.1, 0.15) is 26.3 Å². The SMILES string of the molecule is CC(C)=C(C)c1ccc(O)cc1. The average molecular weight is 162 g/mol. The molecule has 1 nitrogen and oxygen atoms in total. The lowest BCUT2D eigenvalue weighted by Gasteiger charge is -2.03. The van der Waals surface area contributed by atoms with Gasteiger partial charge < -0.3 is 5.11 Å². The zero-order valence-electron chi connectivity index (χ0n) is 7.76. The molecule has 1 aromatic rings. The lowest BCUT2D eigenvalue weighted by atomic mass is 10.0. The molecule has 0 saturated heterocycles. The number of hydrogen-bond acceptors (Lipinski definition) is 1. The van der Waals surface area contributed by atoms with E-state index in [0.717, 1.165) is 0 Å². The highest BCUT2D eigenvalue weighted by Gasteiger charge is 1.96. The molecule has 0 aliphatic rings. The van der Waals surface area contributed by atoms with Gasteiger partial charge in [-0.1, -0.05) is 17.7 Å². The maximum Gasteiger partial charge on any atom is 0.115 e. The Bertz CT molecular complexity index is 289. The van der Waals surface area contributed by atoms with Gasteiger partial charge in [0.15, 0.2) is 0 Å². The third-order valence-electron chi connectivity index (χ3n) is 2.05. The summed E-state index contributed by atoms with van der Waals surface area (Å²) in [4.78, 5) is 0. The van der Waals surface area contributed by atoms with Gasteiger partial charge in [-0.05, 0) is 44.0 Å². The van der Waals surface area contributed by atoms with Crippen LogP contribution < -0.4 is 0 Å². The Labute approximate surface area is 73.4 Å². The molecular weight excluding hydrogens is 148 g/mol. The van der Waals surface area contributed by atoms with E-state index in [1.54, 1.807) is 12.1 Å². The lowest BCUT2D eigenvalue weighted by Crippen LogP contribution is -1.80. The lowest BCUT2D eigenvalue weighted by molar-refractivity contribution is 0.475. The van der Waals surface area contributed by atoms with Crippen molar-refractivity contribution in [3.8, 4) is 5.75 Å². The zero-order valence-corrected chi connectivity index (χ0v) is 7.76. The average Bonchev–Trinajstić information content (AvgIpc) is 2.04. The van der Waals surface area contributed by atoms with Gasteiger partial charge in [-0.3, -0.25) is 0 Å². The molecule has 12 heavy (non-hydrogen) atoms. The fraction of sp³-hybridized carbons (Fsp3) is 0.273. The molecule has 64 valence electrons. The minimum Gasteiger partial charge on any atom is -0.508 e. The van der Waals surface area contributed by atoms with Crippen molar-refractivity contribution in [1.29, 1.82) is 0 Å². The van der Waals surface area contributed by atoms with Crippen molar-refractivity contribution in [3.05, 3.63) is 35.4 Å². The van der Waals surface area contributed by atoms with Crippen LogP contribution in [0.15, 0.2) is 29.8 Å². The molecule has 0 aliphatic heterocycles. The van der Waals surface area contributed by atoms with Crippen LogP contribution in [0.4, 0.5) is 0 Å². The fourth-order valence-electron chi connectivity index (χ4n) is 1.00. The first kappa shape index (κ1) is 8.85. The summed E-state index contributed by atoms with van der Waals surface area (Å²) in [6.07, 6.45) is 0. The molecule has 0 aliphatic carbocycles. The largest absolute Gasteiger partial charge is 0.508 e. The first-order valence-corrected chi connectivity index (χ1v) is 4.04. The second-order valence-corrected chi connectivity index (χ2v) is 3.17. The Kier molecular flexibility index (Phi) is 2.54. The molecule has 1 N–H and O–H groups in total. The molecule has 0 atom stereocenters. The molecule has 0 heterocycles. The summed E-state index contributed by atoms with van der Waals surface area (Å²) in [5, 5.41) is 9.06. The van der Waals surface area contributed by atoms with Gasteiger partial charge in [0.2, 0.25) is 0 Å². The van der Waals surface area contributed by atoms with Crippen LogP contribution in [0.5, 0.6) is 5.75 Å². The number of phenolic OH excluding ortho intramolecular Hbond substituents is 1. The van der Waals surface area contributed by atoms with Crippen LogP contribution >= 0.6 is 0 Å². The summed E-state index contributed by atoms with van der Waals surface area (Å²) in [7, 11) is 0. The molecule has 1 heteroatoms. The molecular formula is C11H14O. The molecule has 0 fully saturated rings. The third-order valence-corrected chi connectivity index (χ3v) is 2.05. The highest BCUT2D eigenvalue weighted by atomic mass is 16.3. The van der Waals surface area contributed by atoms with E-state index in [-0.39, 0.29) is 0 Å². The summed E-state index contributed by atoms with van der Waals surface area (Å²) >= 11 is 0. The predicted molar refractivity (Wildman–Crippen MR) is 52.0 cm³/mol. The van der Waals surface area contributed by atoms with E-state index in [0.29, 0.717) is 5.75 Å². The number of phenols is 1. The zero-order chi connectivity index (χ0) is 9.14. The Balaban J connectivity index is 3.06. The van der Waals surface area contributed by atoms with Crippen LogP contribution in [0.2, 0.25) is 0 Å². The van der Waals surface area contributed by atoms with E-state index in [1.165, 1.54) is 16.7 Å². The minimum atomic E-state index is 0.320. The van der Waals surface area contributed by atoms with Crippen LogP contribution in [0.3, 0.4) is 0 Å². The van der Waals surface area contributed by atoms with Gasteiger partial charge in [0.05, 0.1) is 0 Å². The van der Waals surface area contributed by atoms with Crippen molar-refractivity contribution in [2.45, 2.75) is 20.8 Å². The topological polar surface area (TPSA) is 20.2 Å². The second kappa shape index (κ2) is 3.44. The van der Waals surface area contributed by atoms with E-state index in [9.17, 15) is 0 Å². The maximum absolute atomic E-state index is 9.06. The van der Waals surface area contributed by atoms with Gasteiger partial charge in [-0.25, -0.2) is 0 Å². The van der Waals surface area contributed by atoms with Gasteiger partial charge >= 0.3 is 0 Å². The number of rotatable bonds is 1. The fourth-order valence-corrected chi connectivity index (χ4v) is 1.00. The van der Waals surface area contributed by atoms with Gasteiger partial charge in [0.1, 0.15) is 5.75 Å². The van der Waals surface area contributed by atoms with Crippen LogP contribution in [-0.2, 0) is 0 Å². The molecule has 1 rings (SSSR count). The summed E-state index contributed by atoms with van der Waals surface area (Å²) in [6.45, 7) is 6.26. The molecule has 1 aromatic carbocycles. The molecule has 0 saturated carbocycles. The third kappa shape index (κ3) is 1.88. The number of hydrogen-bond donors (Lipinski definition) is 1. The van der Waals surface area contributed by atoms with Crippen molar-refractivity contribution >= 4 is 5.57 Å². The summed E-state index contributed by atoms with van der Waals surface area (Å²) in [6, 6.07) is 7.28. The maximum atomic E-state index is 9.06. The molecule has 0 bridgehead atoms. The van der Waals surface area contributed by atoms with Gasteiger partial charge in [0.25, 0.3) is 0 Å². The van der Waals surface area contributed by atoms with Gasteiger partial charge in [0, 0.05) is 0 Å². The van der Waals surface area contributed by atoms with E-state index in [1.807, 2.05) is 12.1 Å². The van der Waals surface area contributed by atoms with Crippen molar-refractivity contribution in [3.63, 3.8) is 0 Å². The summed E-state index contributed by atoms with van der Waals surface area (Å²) in [5.74, 6) is 0.320. The summed E-state index contributed by atoms with van der Waals surface area (Å²) < 4.78 is 0. The Hall–Kier alpha value is -1.24. The van der Waals surface area contributed by atoms with E-state index in [2.05, 4.69) is 20.8 Å². The van der Waals surface area contributed by atoms with E-state index < -0.39 is 0 Å². The normalized spacial score (nSPS) is 9.58. The number of aromatic hydroxyl groups is 1. The number of allylic oxidation sites excluding steroid dienone is 2. The predicted octanol–water partition coefficient (Wildman–Crippen LogP) is 3.21.